The lowest BCUT2D eigenvalue weighted by molar-refractivity contribution is 0.359. The van der Waals surface area contributed by atoms with Gasteiger partial charge < -0.3 is 10.6 Å². The molecule has 1 aliphatic heterocycles. The Kier molecular flexibility index (Phi) is 4.32. The van der Waals surface area contributed by atoms with Crippen LogP contribution in [0.25, 0.3) is 0 Å². The van der Waals surface area contributed by atoms with E-state index in [1.54, 1.807) is 0 Å². The minimum absolute atomic E-state index is 0.397. The molecule has 1 aliphatic rings. The van der Waals surface area contributed by atoms with Crippen LogP contribution in [-0.4, -0.2) is 24.1 Å². The molecule has 0 saturated carbocycles. The van der Waals surface area contributed by atoms with Crippen LogP contribution in [0.1, 0.15) is 42.6 Å². The summed E-state index contributed by atoms with van der Waals surface area (Å²) in [6.07, 6.45) is 5.57. The number of nitrogens with one attached hydrogen (secondary N) is 2. The molecule has 16 heavy (non-hydrogen) atoms. The average molecular weight is 239 g/mol. The van der Waals surface area contributed by atoms with E-state index in [0.29, 0.717) is 12.1 Å². The first-order valence-corrected chi connectivity index (χ1v) is 7.02. The van der Waals surface area contributed by atoms with E-state index in [0.717, 1.165) is 19.5 Å². The molecule has 4 heteroatoms. The lowest BCUT2D eigenvalue weighted by Crippen LogP contribution is -2.40. The van der Waals surface area contributed by atoms with Gasteiger partial charge in [0.2, 0.25) is 0 Å². The summed E-state index contributed by atoms with van der Waals surface area (Å²) in [5.41, 5.74) is 0. The van der Waals surface area contributed by atoms with Gasteiger partial charge in [-0.2, -0.15) is 0 Å². The normalized spacial score (nSPS) is 19.9. The maximum absolute atomic E-state index is 4.49. The molecule has 2 heterocycles. The smallest absolute Gasteiger partial charge is 0.109 e. The van der Waals surface area contributed by atoms with Crippen LogP contribution >= 0.6 is 11.3 Å². The van der Waals surface area contributed by atoms with Crippen LogP contribution in [0.3, 0.4) is 0 Å². The molecule has 1 aromatic heterocycles. The molecular formula is C12H21N3S. The van der Waals surface area contributed by atoms with Crippen LogP contribution in [0.15, 0.2) is 6.20 Å². The third kappa shape index (κ3) is 3.03. The van der Waals surface area contributed by atoms with Gasteiger partial charge in [-0.1, -0.05) is 6.92 Å². The first-order chi connectivity index (χ1) is 7.79. The first-order valence-electron chi connectivity index (χ1n) is 6.21. The summed E-state index contributed by atoms with van der Waals surface area (Å²) in [6.45, 7) is 6.69. The molecule has 90 valence electrons. The molecule has 0 aliphatic carbocycles. The van der Waals surface area contributed by atoms with E-state index >= 15 is 0 Å². The monoisotopic (exact) mass is 239 g/mol. The van der Waals surface area contributed by atoms with Crippen molar-refractivity contribution in [3.05, 3.63) is 16.1 Å². The number of aryl methyl sites for hydroxylation is 1. The van der Waals surface area contributed by atoms with Crippen molar-refractivity contribution >= 4 is 11.3 Å². The average Bonchev–Trinajstić information content (AvgIpc) is 2.79. The van der Waals surface area contributed by atoms with Gasteiger partial charge in [-0.25, -0.2) is 4.98 Å². The number of piperidine rings is 1. The highest BCUT2D eigenvalue weighted by Gasteiger charge is 2.17. The van der Waals surface area contributed by atoms with E-state index in [1.165, 1.54) is 22.7 Å². The summed E-state index contributed by atoms with van der Waals surface area (Å²) in [7, 11) is 0. The summed E-state index contributed by atoms with van der Waals surface area (Å²) >= 11 is 1.84. The molecule has 0 bridgehead atoms. The Hall–Kier alpha value is -0.450. The zero-order valence-corrected chi connectivity index (χ0v) is 10.9. The fourth-order valence-electron chi connectivity index (χ4n) is 2.10. The third-order valence-corrected chi connectivity index (χ3v) is 4.44. The Morgan fingerprint density at radius 1 is 1.56 bits per heavy atom. The maximum atomic E-state index is 4.49. The molecule has 1 fully saturated rings. The van der Waals surface area contributed by atoms with Gasteiger partial charge in [0.05, 0.1) is 6.04 Å². The van der Waals surface area contributed by atoms with Crippen molar-refractivity contribution in [1.82, 2.24) is 15.6 Å². The van der Waals surface area contributed by atoms with E-state index in [2.05, 4.69) is 29.5 Å². The minimum atomic E-state index is 0.397. The van der Waals surface area contributed by atoms with Crippen LogP contribution in [0.5, 0.6) is 0 Å². The topological polar surface area (TPSA) is 37.0 Å². The van der Waals surface area contributed by atoms with Crippen molar-refractivity contribution in [3.8, 4) is 0 Å². The second-order valence-electron chi connectivity index (χ2n) is 4.43. The lowest BCUT2D eigenvalue weighted by atomic mass is 10.1. The van der Waals surface area contributed by atoms with Crippen molar-refractivity contribution in [2.75, 3.05) is 13.1 Å². The summed E-state index contributed by atoms with van der Waals surface area (Å²) < 4.78 is 0. The van der Waals surface area contributed by atoms with Crippen LogP contribution < -0.4 is 10.6 Å². The van der Waals surface area contributed by atoms with Crippen LogP contribution in [-0.2, 0) is 6.42 Å². The zero-order valence-electron chi connectivity index (χ0n) is 10.1. The molecule has 2 N–H and O–H groups in total. The molecule has 0 aromatic carbocycles. The lowest BCUT2D eigenvalue weighted by Gasteiger charge is -2.26. The predicted octanol–water partition coefficient (Wildman–Crippen LogP) is 2.11. The summed E-state index contributed by atoms with van der Waals surface area (Å²) in [4.78, 5) is 5.88. The number of thiazole rings is 1. The van der Waals surface area contributed by atoms with E-state index in [-0.39, 0.29) is 0 Å². The molecule has 0 amide bonds. The van der Waals surface area contributed by atoms with Crippen LogP contribution in [0, 0.1) is 0 Å². The highest BCUT2D eigenvalue weighted by atomic mass is 32.1. The number of hydrogen-bond donors (Lipinski definition) is 2. The van der Waals surface area contributed by atoms with Gasteiger partial charge in [-0.05, 0) is 39.3 Å². The maximum Gasteiger partial charge on any atom is 0.109 e. The molecule has 1 atom stereocenters. The zero-order chi connectivity index (χ0) is 11.4. The predicted molar refractivity (Wildman–Crippen MR) is 68.9 cm³/mol. The fraction of sp³-hybridized carbons (Fsp3) is 0.750. The SMILES string of the molecule is CCc1cnc(C(C)NC2CCNCC2)s1. The number of nitrogens with zero attached hydrogens (tertiary/aromatic N) is 1. The van der Waals surface area contributed by atoms with Crippen molar-refractivity contribution in [3.63, 3.8) is 0 Å². The summed E-state index contributed by atoms with van der Waals surface area (Å²) in [6, 6.07) is 1.05. The van der Waals surface area contributed by atoms with Gasteiger partial charge in [0.15, 0.2) is 0 Å². The molecule has 0 radical (unpaired) electrons. The summed E-state index contributed by atoms with van der Waals surface area (Å²) in [5, 5.41) is 8.30. The van der Waals surface area contributed by atoms with Gasteiger partial charge in [0, 0.05) is 17.1 Å². The van der Waals surface area contributed by atoms with Gasteiger partial charge >= 0.3 is 0 Å². The van der Waals surface area contributed by atoms with E-state index < -0.39 is 0 Å². The molecular weight excluding hydrogens is 218 g/mol. The van der Waals surface area contributed by atoms with Crippen LogP contribution in [0.4, 0.5) is 0 Å². The minimum Gasteiger partial charge on any atom is -0.317 e. The summed E-state index contributed by atoms with van der Waals surface area (Å²) in [5.74, 6) is 0. The molecule has 1 aromatic rings. The Morgan fingerprint density at radius 3 is 2.94 bits per heavy atom. The number of aromatic nitrogens is 1. The standard InChI is InChI=1S/C12H21N3S/c1-3-11-8-14-12(16-11)9(2)15-10-4-6-13-7-5-10/h8-10,13,15H,3-7H2,1-2H3. The first kappa shape index (κ1) is 12.0. The fourth-order valence-corrected chi connectivity index (χ4v) is 2.97. The quantitative estimate of drug-likeness (QED) is 0.845. The Morgan fingerprint density at radius 2 is 2.31 bits per heavy atom. The van der Waals surface area contributed by atoms with Gasteiger partial charge in [-0.15, -0.1) is 11.3 Å². The highest BCUT2D eigenvalue weighted by molar-refractivity contribution is 7.11. The molecule has 1 saturated heterocycles. The highest BCUT2D eigenvalue weighted by Crippen LogP contribution is 2.21. The second-order valence-corrected chi connectivity index (χ2v) is 5.58. The Balaban J connectivity index is 1.88. The van der Waals surface area contributed by atoms with Crippen LogP contribution in [0.2, 0.25) is 0 Å². The second kappa shape index (κ2) is 5.75. The van der Waals surface area contributed by atoms with E-state index in [9.17, 15) is 0 Å². The molecule has 2 rings (SSSR count). The van der Waals surface area contributed by atoms with E-state index in [4.69, 9.17) is 0 Å². The Labute approximate surface area is 102 Å². The molecule has 3 nitrogen and oxygen atoms in total. The number of hydrogen-bond acceptors (Lipinski definition) is 4. The van der Waals surface area contributed by atoms with Crippen molar-refractivity contribution in [2.45, 2.75) is 45.2 Å². The molecule has 1 unspecified atom stereocenters. The molecule has 0 spiro atoms. The largest absolute Gasteiger partial charge is 0.317 e. The third-order valence-electron chi connectivity index (χ3n) is 3.12. The van der Waals surface area contributed by atoms with E-state index in [1.807, 2.05) is 17.5 Å². The van der Waals surface area contributed by atoms with Crippen molar-refractivity contribution in [1.29, 1.82) is 0 Å². The van der Waals surface area contributed by atoms with Crippen molar-refractivity contribution in [2.24, 2.45) is 0 Å². The Bertz CT molecular complexity index is 318. The number of rotatable bonds is 4. The van der Waals surface area contributed by atoms with Gasteiger partial charge in [0.1, 0.15) is 5.01 Å². The van der Waals surface area contributed by atoms with Gasteiger partial charge in [0.25, 0.3) is 0 Å². The van der Waals surface area contributed by atoms with Crippen molar-refractivity contribution < 1.29 is 0 Å². The van der Waals surface area contributed by atoms with Gasteiger partial charge in [-0.3, -0.25) is 0 Å².